The van der Waals surface area contributed by atoms with Crippen molar-refractivity contribution in [3.8, 4) is 0 Å². The van der Waals surface area contributed by atoms with Gasteiger partial charge in [0.05, 0.1) is 12.8 Å². The first-order chi connectivity index (χ1) is 9.24. The van der Waals surface area contributed by atoms with Gasteiger partial charge in [-0.2, -0.15) is 0 Å². The fourth-order valence-electron chi connectivity index (χ4n) is 3.22. The third-order valence-corrected chi connectivity index (χ3v) is 7.07. The van der Waals surface area contributed by atoms with Crippen LogP contribution >= 0.6 is 34.8 Å². The van der Waals surface area contributed by atoms with E-state index in [1.807, 2.05) is 0 Å². The van der Waals surface area contributed by atoms with Crippen molar-refractivity contribution in [3.05, 3.63) is 0 Å². The lowest BCUT2D eigenvalue weighted by molar-refractivity contribution is 0.253. The fourth-order valence-corrected chi connectivity index (χ4v) is 4.01. The van der Waals surface area contributed by atoms with E-state index in [9.17, 15) is 0 Å². The SMILES string of the molecule is [B]C1(C(C)I)CCCCC[C@@H](C(C)(C)C(=S)NN)CC1. The maximum atomic E-state index is 6.67. The molecule has 0 saturated heterocycles. The van der Waals surface area contributed by atoms with Crippen molar-refractivity contribution in [1.29, 1.82) is 0 Å². The van der Waals surface area contributed by atoms with Gasteiger partial charge in [0.2, 0.25) is 0 Å². The van der Waals surface area contributed by atoms with E-state index in [1.165, 1.54) is 25.7 Å². The number of halogens is 1. The molecule has 0 aromatic rings. The van der Waals surface area contributed by atoms with Crippen LogP contribution in [0.4, 0.5) is 0 Å². The number of hydrazine groups is 1. The quantitative estimate of drug-likeness (QED) is 0.183. The van der Waals surface area contributed by atoms with E-state index in [1.54, 1.807) is 0 Å². The van der Waals surface area contributed by atoms with Crippen LogP contribution in [0.1, 0.15) is 65.7 Å². The Morgan fingerprint density at radius 3 is 2.55 bits per heavy atom. The average Bonchev–Trinajstić information content (AvgIpc) is 2.49. The normalized spacial score (nSPS) is 30.8. The van der Waals surface area contributed by atoms with Crippen LogP contribution in [0.25, 0.3) is 0 Å². The molecule has 5 heteroatoms. The highest BCUT2D eigenvalue weighted by Gasteiger charge is 2.36. The van der Waals surface area contributed by atoms with Crippen LogP contribution in [0.15, 0.2) is 0 Å². The Bertz CT molecular complexity index is 336. The molecule has 3 atom stereocenters. The molecule has 0 spiro atoms. The summed E-state index contributed by atoms with van der Waals surface area (Å²) in [6.45, 7) is 6.66. The Morgan fingerprint density at radius 1 is 1.35 bits per heavy atom. The van der Waals surface area contributed by atoms with Crippen LogP contribution in [0.5, 0.6) is 0 Å². The highest BCUT2D eigenvalue weighted by Crippen LogP contribution is 2.47. The van der Waals surface area contributed by atoms with E-state index in [2.05, 4.69) is 48.8 Å². The molecule has 20 heavy (non-hydrogen) atoms. The molecule has 0 aliphatic heterocycles. The number of nitrogens with two attached hydrogens (primary N) is 1. The van der Waals surface area contributed by atoms with Crippen LogP contribution in [0.2, 0.25) is 5.31 Å². The molecule has 2 nitrogen and oxygen atoms in total. The molecule has 1 rings (SSSR count). The Morgan fingerprint density at radius 2 is 2.00 bits per heavy atom. The molecular formula is C15H28BIN2S. The molecule has 0 aromatic heterocycles. The van der Waals surface area contributed by atoms with Crippen molar-refractivity contribution in [2.75, 3.05) is 0 Å². The first kappa shape index (κ1) is 18.7. The summed E-state index contributed by atoms with van der Waals surface area (Å²) in [6, 6.07) is 0. The van der Waals surface area contributed by atoms with Gasteiger partial charge < -0.3 is 5.43 Å². The van der Waals surface area contributed by atoms with E-state index in [0.29, 0.717) is 9.84 Å². The number of alkyl halides is 1. The predicted octanol–water partition coefficient (Wildman–Crippen LogP) is 4.31. The van der Waals surface area contributed by atoms with Gasteiger partial charge >= 0.3 is 0 Å². The van der Waals surface area contributed by atoms with E-state index < -0.39 is 0 Å². The van der Waals surface area contributed by atoms with Crippen LogP contribution < -0.4 is 11.3 Å². The third kappa shape index (κ3) is 4.57. The van der Waals surface area contributed by atoms with Crippen LogP contribution in [-0.4, -0.2) is 16.8 Å². The predicted molar refractivity (Wildman–Crippen MR) is 101 cm³/mol. The summed E-state index contributed by atoms with van der Waals surface area (Å²) in [6.07, 6.45) is 8.38. The Labute approximate surface area is 144 Å². The Balaban J connectivity index is 2.85. The first-order valence-electron chi connectivity index (χ1n) is 7.68. The number of hydrogen-bond acceptors (Lipinski definition) is 2. The van der Waals surface area contributed by atoms with Gasteiger partial charge in [-0.15, -0.1) is 0 Å². The molecule has 0 aromatic carbocycles. The highest BCUT2D eigenvalue weighted by atomic mass is 127. The van der Waals surface area contributed by atoms with Crippen LogP contribution in [0, 0.1) is 11.3 Å². The Kier molecular flexibility index (Phi) is 7.26. The summed E-state index contributed by atoms with van der Waals surface area (Å²) < 4.78 is 0.501. The van der Waals surface area contributed by atoms with Gasteiger partial charge in [-0.1, -0.05) is 93.0 Å². The molecule has 1 saturated carbocycles. The minimum atomic E-state index is -0.0517. The standard InChI is InChI=1S/C15H28BIN2S/c1-11(17)15(16)9-6-4-5-7-12(8-10-15)14(2,3)13(20)19-18/h11-12H,4-10,18H2,1-3H3,(H,19,20)/t11?,12-,15?/m1/s1. The van der Waals surface area contributed by atoms with E-state index in [-0.39, 0.29) is 10.7 Å². The summed E-state index contributed by atoms with van der Waals surface area (Å²) in [5.74, 6) is 6.11. The number of thiocarbonyl (C=S) groups is 1. The zero-order valence-electron chi connectivity index (χ0n) is 13.0. The maximum Gasteiger partial charge on any atom is 0.0953 e. The van der Waals surface area contributed by atoms with E-state index in [0.717, 1.165) is 24.3 Å². The van der Waals surface area contributed by atoms with Gasteiger partial charge in [0, 0.05) is 9.34 Å². The lowest BCUT2D eigenvalue weighted by atomic mass is 9.60. The van der Waals surface area contributed by atoms with E-state index >= 15 is 0 Å². The third-order valence-electron chi connectivity index (χ3n) is 5.18. The molecule has 1 aliphatic carbocycles. The van der Waals surface area contributed by atoms with Gasteiger partial charge in [-0.05, 0) is 18.8 Å². The molecule has 2 unspecified atom stereocenters. The molecule has 1 fully saturated rings. The summed E-state index contributed by atoms with van der Waals surface area (Å²) in [5.41, 5.74) is 2.64. The second kappa shape index (κ2) is 7.77. The molecular weight excluding hydrogens is 378 g/mol. The van der Waals surface area contributed by atoms with E-state index in [4.69, 9.17) is 25.9 Å². The average molecular weight is 406 g/mol. The lowest BCUT2D eigenvalue weighted by Crippen LogP contribution is -2.44. The molecule has 0 bridgehead atoms. The summed E-state index contributed by atoms with van der Waals surface area (Å²) >= 11 is 7.91. The zero-order valence-corrected chi connectivity index (χ0v) is 16.0. The largest absolute Gasteiger partial charge is 0.318 e. The van der Waals surface area contributed by atoms with Crippen LogP contribution in [-0.2, 0) is 0 Å². The van der Waals surface area contributed by atoms with Crippen molar-refractivity contribution in [3.63, 3.8) is 0 Å². The van der Waals surface area contributed by atoms with Gasteiger partial charge in [-0.3, -0.25) is 5.84 Å². The number of hydrogen-bond donors (Lipinski definition) is 2. The molecule has 1 aliphatic rings. The highest BCUT2D eigenvalue weighted by molar-refractivity contribution is 14.1. The minimum Gasteiger partial charge on any atom is -0.318 e. The minimum absolute atomic E-state index is 0.0308. The topological polar surface area (TPSA) is 38.0 Å². The van der Waals surface area contributed by atoms with Crippen molar-refractivity contribution >= 4 is 47.6 Å². The molecule has 3 N–H and O–H groups in total. The molecule has 0 heterocycles. The van der Waals surface area contributed by atoms with Gasteiger partial charge in [0.25, 0.3) is 0 Å². The van der Waals surface area contributed by atoms with Crippen molar-refractivity contribution in [2.24, 2.45) is 17.2 Å². The summed E-state index contributed by atoms with van der Waals surface area (Å²) in [5, 5.41) is -0.0308. The second-order valence-electron chi connectivity index (χ2n) is 6.88. The van der Waals surface area contributed by atoms with Crippen molar-refractivity contribution in [1.82, 2.24) is 5.43 Å². The fraction of sp³-hybridized carbons (Fsp3) is 0.933. The monoisotopic (exact) mass is 406 g/mol. The summed E-state index contributed by atoms with van der Waals surface area (Å²) in [7, 11) is 6.67. The molecule has 0 amide bonds. The zero-order chi connectivity index (χ0) is 15.4. The lowest BCUT2D eigenvalue weighted by Gasteiger charge is -2.38. The maximum absolute atomic E-state index is 6.67. The van der Waals surface area contributed by atoms with Crippen LogP contribution in [0.3, 0.4) is 0 Å². The Hall–Kier alpha value is 0.645. The molecule has 114 valence electrons. The van der Waals surface area contributed by atoms with Gasteiger partial charge in [0.15, 0.2) is 0 Å². The van der Waals surface area contributed by atoms with Crippen molar-refractivity contribution in [2.45, 2.75) is 75.0 Å². The molecule has 2 radical (unpaired) electrons. The van der Waals surface area contributed by atoms with Crippen molar-refractivity contribution < 1.29 is 0 Å². The smallest absolute Gasteiger partial charge is 0.0953 e. The number of rotatable bonds is 3. The van der Waals surface area contributed by atoms with Gasteiger partial charge in [0.1, 0.15) is 0 Å². The number of nitrogens with one attached hydrogen (secondary N) is 1. The van der Waals surface area contributed by atoms with Gasteiger partial charge in [-0.25, -0.2) is 0 Å². The second-order valence-corrected chi connectivity index (χ2v) is 9.16. The first-order valence-corrected chi connectivity index (χ1v) is 9.33. The summed E-state index contributed by atoms with van der Waals surface area (Å²) in [4.78, 5) is 0.770.